The summed E-state index contributed by atoms with van der Waals surface area (Å²) < 4.78 is 9.21. The van der Waals surface area contributed by atoms with Gasteiger partial charge in [-0.3, -0.25) is 4.79 Å². The Kier molecular flexibility index (Phi) is 6.70. The average molecular weight is 175 g/mol. The highest BCUT2D eigenvalue weighted by molar-refractivity contribution is 5.65. The second kappa shape index (κ2) is 7.06. The van der Waals surface area contributed by atoms with Crippen LogP contribution in [0.1, 0.15) is 6.92 Å². The number of nitrogens with zero attached hydrogens (tertiary/aromatic N) is 1. The minimum absolute atomic E-state index is 0.245. The minimum Gasteiger partial charge on any atom is -0.469 e. The van der Waals surface area contributed by atoms with Gasteiger partial charge in [0.05, 0.1) is 20.3 Å². The molecular formula is C8H17NO3. The third-order valence-corrected chi connectivity index (χ3v) is 1.52. The van der Waals surface area contributed by atoms with E-state index in [4.69, 9.17) is 4.74 Å². The Morgan fingerprint density at radius 3 is 2.00 bits per heavy atom. The molecule has 72 valence electrons. The van der Waals surface area contributed by atoms with Crippen molar-refractivity contribution in [2.24, 2.45) is 0 Å². The van der Waals surface area contributed by atoms with Crippen molar-refractivity contribution in [2.75, 3.05) is 40.5 Å². The van der Waals surface area contributed by atoms with Gasteiger partial charge in [0.2, 0.25) is 0 Å². The van der Waals surface area contributed by atoms with Crippen LogP contribution in [-0.4, -0.2) is 51.3 Å². The number of methoxy groups -OCH3 is 1. The lowest BCUT2D eigenvalue weighted by Crippen LogP contribution is -2.32. The van der Waals surface area contributed by atoms with E-state index < -0.39 is 0 Å². The van der Waals surface area contributed by atoms with Crippen molar-refractivity contribution in [3.63, 3.8) is 0 Å². The summed E-state index contributed by atoms with van der Waals surface area (Å²) in [6.45, 7) is 5.38. The van der Waals surface area contributed by atoms with E-state index in [1.165, 1.54) is 14.0 Å². The Morgan fingerprint density at radius 1 is 1.42 bits per heavy atom. The lowest BCUT2D eigenvalue weighted by atomic mass is 10.5. The number of rotatable bonds is 0. The third-order valence-electron chi connectivity index (χ3n) is 1.52. The first-order chi connectivity index (χ1) is 5.66. The summed E-state index contributed by atoms with van der Waals surface area (Å²) >= 11 is 0. The molecule has 0 aromatic carbocycles. The molecule has 0 aliphatic carbocycles. The fraction of sp³-hybridized carbons (Fsp3) is 0.875. The van der Waals surface area contributed by atoms with Crippen molar-refractivity contribution >= 4 is 5.97 Å². The summed E-state index contributed by atoms with van der Waals surface area (Å²) in [7, 11) is 3.46. The number of likely N-dealkylation sites (N-methyl/N-ethyl adjacent to an activating group) is 1. The van der Waals surface area contributed by atoms with Gasteiger partial charge in [-0.05, 0) is 7.05 Å². The van der Waals surface area contributed by atoms with E-state index in [0.29, 0.717) is 0 Å². The molecule has 0 N–H and O–H groups in total. The Balaban J connectivity index is 0.000000217. The highest BCUT2D eigenvalue weighted by atomic mass is 16.5. The van der Waals surface area contributed by atoms with Crippen LogP contribution in [0.25, 0.3) is 0 Å². The summed E-state index contributed by atoms with van der Waals surface area (Å²) in [5.74, 6) is -0.245. The zero-order valence-electron chi connectivity index (χ0n) is 8.00. The van der Waals surface area contributed by atoms with E-state index in [-0.39, 0.29) is 5.97 Å². The molecule has 0 radical (unpaired) electrons. The molecule has 4 heteroatoms. The van der Waals surface area contributed by atoms with Crippen molar-refractivity contribution in [3.05, 3.63) is 0 Å². The van der Waals surface area contributed by atoms with Crippen molar-refractivity contribution in [1.82, 2.24) is 4.90 Å². The summed E-state index contributed by atoms with van der Waals surface area (Å²) in [6, 6.07) is 0. The molecule has 0 bridgehead atoms. The van der Waals surface area contributed by atoms with Crippen LogP contribution >= 0.6 is 0 Å². The molecule has 0 amide bonds. The summed E-state index contributed by atoms with van der Waals surface area (Å²) in [5.41, 5.74) is 0. The largest absolute Gasteiger partial charge is 0.469 e. The van der Waals surface area contributed by atoms with Gasteiger partial charge in [0.15, 0.2) is 0 Å². The lowest BCUT2D eigenvalue weighted by Gasteiger charge is -2.21. The number of hydrogen-bond donors (Lipinski definition) is 0. The van der Waals surface area contributed by atoms with Gasteiger partial charge in [0.1, 0.15) is 0 Å². The fourth-order valence-electron chi connectivity index (χ4n) is 0.655. The number of morpholine rings is 1. The molecular weight excluding hydrogens is 158 g/mol. The quantitative estimate of drug-likeness (QED) is 0.490. The highest BCUT2D eigenvalue weighted by Crippen LogP contribution is 1.89. The highest BCUT2D eigenvalue weighted by Gasteiger charge is 2.02. The van der Waals surface area contributed by atoms with E-state index >= 15 is 0 Å². The molecule has 4 nitrogen and oxygen atoms in total. The average Bonchev–Trinajstić information content (AvgIpc) is 2.07. The van der Waals surface area contributed by atoms with Crippen molar-refractivity contribution in [2.45, 2.75) is 6.92 Å². The van der Waals surface area contributed by atoms with Gasteiger partial charge in [0, 0.05) is 20.0 Å². The van der Waals surface area contributed by atoms with Crippen LogP contribution in [0.2, 0.25) is 0 Å². The van der Waals surface area contributed by atoms with Gasteiger partial charge in [0.25, 0.3) is 0 Å². The molecule has 1 aliphatic heterocycles. The van der Waals surface area contributed by atoms with Crippen molar-refractivity contribution in [1.29, 1.82) is 0 Å². The Morgan fingerprint density at radius 2 is 1.83 bits per heavy atom. The van der Waals surface area contributed by atoms with Crippen LogP contribution in [0.15, 0.2) is 0 Å². The van der Waals surface area contributed by atoms with E-state index in [9.17, 15) is 4.79 Å². The number of hydrogen-bond acceptors (Lipinski definition) is 4. The van der Waals surface area contributed by atoms with Crippen LogP contribution in [-0.2, 0) is 14.3 Å². The Hall–Kier alpha value is -0.610. The molecule has 0 aromatic rings. The molecule has 0 saturated carbocycles. The van der Waals surface area contributed by atoms with Crippen LogP contribution in [0.5, 0.6) is 0 Å². The fourth-order valence-corrected chi connectivity index (χ4v) is 0.655. The van der Waals surface area contributed by atoms with Gasteiger partial charge >= 0.3 is 5.97 Å². The van der Waals surface area contributed by atoms with Gasteiger partial charge in [-0.15, -0.1) is 0 Å². The van der Waals surface area contributed by atoms with E-state index in [2.05, 4.69) is 16.7 Å². The first kappa shape index (κ1) is 11.4. The molecule has 1 fully saturated rings. The molecule has 0 spiro atoms. The lowest BCUT2D eigenvalue weighted by molar-refractivity contribution is -0.137. The summed E-state index contributed by atoms with van der Waals surface area (Å²) in [5, 5.41) is 0. The van der Waals surface area contributed by atoms with E-state index in [1.807, 2.05) is 0 Å². The maximum Gasteiger partial charge on any atom is 0.302 e. The van der Waals surface area contributed by atoms with Gasteiger partial charge < -0.3 is 14.4 Å². The van der Waals surface area contributed by atoms with Gasteiger partial charge in [-0.25, -0.2) is 0 Å². The van der Waals surface area contributed by atoms with E-state index in [0.717, 1.165) is 26.3 Å². The number of carbonyl (C=O) groups is 1. The Labute approximate surface area is 73.4 Å². The van der Waals surface area contributed by atoms with Crippen molar-refractivity contribution < 1.29 is 14.3 Å². The molecule has 1 heterocycles. The molecule has 0 atom stereocenters. The third kappa shape index (κ3) is 7.50. The van der Waals surface area contributed by atoms with Crippen LogP contribution in [0.4, 0.5) is 0 Å². The first-order valence-electron chi connectivity index (χ1n) is 3.97. The van der Waals surface area contributed by atoms with E-state index in [1.54, 1.807) is 0 Å². The topological polar surface area (TPSA) is 38.8 Å². The normalized spacial score (nSPS) is 17.6. The minimum atomic E-state index is -0.245. The zero-order chi connectivity index (χ0) is 9.40. The van der Waals surface area contributed by atoms with Gasteiger partial charge in [-0.1, -0.05) is 0 Å². The molecule has 1 aliphatic rings. The smallest absolute Gasteiger partial charge is 0.302 e. The second-order valence-corrected chi connectivity index (χ2v) is 2.61. The van der Waals surface area contributed by atoms with Crippen LogP contribution in [0.3, 0.4) is 0 Å². The van der Waals surface area contributed by atoms with Crippen LogP contribution in [0, 0.1) is 0 Å². The monoisotopic (exact) mass is 175 g/mol. The standard InChI is InChI=1S/C5H11NO.C3H6O2/c1-6-2-4-7-5-3-6;1-3(4)5-2/h2-5H2,1H3;1-2H3. The summed E-state index contributed by atoms with van der Waals surface area (Å²) in [4.78, 5) is 11.9. The Bertz CT molecular complexity index is 121. The molecule has 12 heavy (non-hydrogen) atoms. The maximum atomic E-state index is 9.59. The second-order valence-electron chi connectivity index (χ2n) is 2.61. The van der Waals surface area contributed by atoms with Crippen LogP contribution < -0.4 is 0 Å². The van der Waals surface area contributed by atoms with Gasteiger partial charge in [-0.2, -0.15) is 0 Å². The number of ether oxygens (including phenoxy) is 2. The molecule has 0 aromatic heterocycles. The van der Waals surface area contributed by atoms with Crippen molar-refractivity contribution in [3.8, 4) is 0 Å². The first-order valence-corrected chi connectivity index (χ1v) is 3.97. The predicted octanol–water partition coefficient (Wildman–Crippen LogP) is 0.128. The molecule has 1 saturated heterocycles. The predicted molar refractivity (Wildman–Crippen MR) is 46.0 cm³/mol. The maximum absolute atomic E-state index is 9.59. The molecule has 0 unspecified atom stereocenters. The number of esters is 1. The number of carbonyl (C=O) groups excluding carboxylic acids is 1. The summed E-state index contributed by atoms with van der Waals surface area (Å²) in [6.07, 6.45) is 0. The zero-order valence-corrected chi connectivity index (χ0v) is 8.00. The SMILES string of the molecule is CN1CCOCC1.COC(C)=O. The molecule has 1 rings (SSSR count).